The minimum Gasteiger partial charge on any atom is -0.355 e. The molecule has 0 radical (unpaired) electrons. The van der Waals surface area contributed by atoms with Crippen LogP contribution in [0.15, 0.2) is 41.4 Å². The lowest BCUT2D eigenvalue weighted by atomic mass is 10.1. The van der Waals surface area contributed by atoms with Crippen molar-refractivity contribution in [2.24, 2.45) is 4.99 Å². The highest BCUT2D eigenvalue weighted by atomic mass is 19.1. The van der Waals surface area contributed by atoms with Gasteiger partial charge in [0, 0.05) is 32.2 Å². The van der Waals surface area contributed by atoms with Gasteiger partial charge in [0.2, 0.25) is 0 Å². The molecule has 144 valence electrons. The molecule has 7 heteroatoms. The van der Waals surface area contributed by atoms with E-state index >= 15 is 0 Å². The van der Waals surface area contributed by atoms with Crippen LogP contribution in [0.5, 0.6) is 0 Å². The van der Waals surface area contributed by atoms with Crippen molar-refractivity contribution in [3.8, 4) is 0 Å². The monoisotopic (exact) mass is 374 g/mol. The molecule has 0 aliphatic heterocycles. The summed E-state index contributed by atoms with van der Waals surface area (Å²) in [6, 6.07) is 9.44. The first kappa shape index (κ1) is 20.4. The molecule has 0 saturated carbocycles. The van der Waals surface area contributed by atoms with E-state index in [-0.39, 0.29) is 17.3 Å². The third kappa shape index (κ3) is 6.06. The minimum atomic E-state index is -0.405. The van der Waals surface area contributed by atoms with Crippen molar-refractivity contribution < 1.29 is 13.6 Å². The SMILES string of the molecule is CN=C(NCCNC(=O)c1ccc(C)c(F)c1)NCc1ccc(C)c(F)c1. The number of amides is 1. The molecule has 27 heavy (non-hydrogen) atoms. The van der Waals surface area contributed by atoms with Gasteiger partial charge in [0.1, 0.15) is 11.6 Å². The molecule has 1 amide bonds. The standard InChI is InChI=1S/C20H24F2N4O/c1-13-4-6-15(10-17(13)21)12-26-20(23-3)25-9-8-24-19(27)16-7-5-14(2)18(22)11-16/h4-7,10-11H,8-9,12H2,1-3H3,(H,24,27)(H2,23,25,26). The van der Waals surface area contributed by atoms with E-state index in [1.165, 1.54) is 12.1 Å². The fraction of sp³-hybridized carbons (Fsp3) is 0.300. The predicted octanol–water partition coefficient (Wildman–Crippen LogP) is 2.68. The Morgan fingerprint density at radius 3 is 2.19 bits per heavy atom. The second-order valence-electron chi connectivity index (χ2n) is 6.16. The summed E-state index contributed by atoms with van der Waals surface area (Å²) in [7, 11) is 1.62. The second-order valence-corrected chi connectivity index (χ2v) is 6.16. The van der Waals surface area contributed by atoms with Gasteiger partial charge in [-0.25, -0.2) is 8.78 Å². The van der Waals surface area contributed by atoms with E-state index in [1.807, 2.05) is 6.07 Å². The number of benzene rings is 2. The number of nitrogens with one attached hydrogen (secondary N) is 3. The number of hydrogen-bond acceptors (Lipinski definition) is 2. The molecule has 2 rings (SSSR count). The second kappa shape index (κ2) is 9.66. The van der Waals surface area contributed by atoms with E-state index in [0.29, 0.717) is 36.7 Å². The topological polar surface area (TPSA) is 65.5 Å². The number of carbonyl (C=O) groups is 1. The van der Waals surface area contributed by atoms with E-state index in [9.17, 15) is 13.6 Å². The summed E-state index contributed by atoms with van der Waals surface area (Å²) in [5, 5.41) is 8.84. The maximum absolute atomic E-state index is 13.6. The van der Waals surface area contributed by atoms with Gasteiger partial charge in [-0.05, 0) is 48.7 Å². The normalized spacial score (nSPS) is 11.2. The van der Waals surface area contributed by atoms with Gasteiger partial charge in [-0.1, -0.05) is 18.2 Å². The first-order valence-corrected chi connectivity index (χ1v) is 8.64. The van der Waals surface area contributed by atoms with Crippen LogP contribution in [0, 0.1) is 25.5 Å². The summed E-state index contributed by atoms with van der Waals surface area (Å²) in [6.45, 7) is 4.55. The molecule has 0 aliphatic rings. The fourth-order valence-corrected chi connectivity index (χ4v) is 2.35. The summed E-state index contributed by atoms with van der Waals surface area (Å²) in [5.74, 6) is -0.453. The number of rotatable bonds is 6. The average Bonchev–Trinajstić information content (AvgIpc) is 2.65. The molecule has 0 heterocycles. The highest BCUT2D eigenvalue weighted by molar-refractivity contribution is 5.94. The highest BCUT2D eigenvalue weighted by Crippen LogP contribution is 2.09. The molecule has 2 aromatic carbocycles. The fourth-order valence-electron chi connectivity index (χ4n) is 2.35. The summed E-state index contributed by atoms with van der Waals surface area (Å²) in [4.78, 5) is 16.1. The quantitative estimate of drug-likeness (QED) is 0.414. The molecule has 0 saturated heterocycles. The minimum absolute atomic E-state index is 0.243. The van der Waals surface area contributed by atoms with Gasteiger partial charge in [0.25, 0.3) is 5.91 Å². The summed E-state index contributed by atoms with van der Waals surface area (Å²) in [6.07, 6.45) is 0. The van der Waals surface area contributed by atoms with Crippen LogP contribution in [-0.2, 0) is 6.54 Å². The van der Waals surface area contributed by atoms with Crippen molar-refractivity contribution in [3.05, 3.63) is 70.3 Å². The molecular weight excluding hydrogens is 350 g/mol. The van der Waals surface area contributed by atoms with Crippen molar-refractivity contribution in [1.82, 2.24) is 16.0 Å². The van der Waals surface area contributed by atoms with Gasteiger partial charge in [-0.2, -0.15) is 0 Å². The van der Waals surface area contributed by atoms with Crippen molar-refractivity contribution >= 4 is 11.9 Å². The molecule has 0 bridgehead atoms. The third-order valence-corrected chi connectivity index (χ3v) is 4.06. The lowest BCUT2D eigenvalue weighted by Gasteiger charge is -2.13. The van der Waals surface area contributed by atoms with Crippen LogP contribution >= 0.6 is 0 Å². The van der Waals surface area contributed by atoms with Gasteiger partial charge < -0.3 is 16.0 Å². The Morgan fingerprint density at radius 2 is 1.56 bits per heavy atom. The molecule has 2 aromatic rings. The Kier molecular flexibility index (Phi) is 7.28. The van der Waals surface area contributed by atoms with Crippen LogP contribution in [0.25, 0.3) is 0 Å². The van der Waals surface area contributed by atoms with Crippen LogP contribution in [0.1, 0.15) is 27.0 Å². The van der Waals surface area contributed by atoms with Crippen molar-refractivity contribution in [1.29, 1.82) is 0 Å². The van der Waals surface area contributed by atoms with Crippen LogP contribution < -0.4 is 16.0 Å². The molecular formula is C20H24F2N4O. The smallest absolute Gasteiger partial charge is 0.251 e. The summed E-state index contributed by atoms with van der Waals surface area (Å²) >= 11 is 0. The van der Waals surface area contributed by atoms with Crippen LogP contribution in [0.4, 0.5) is 8.78 Å². The number of hydrogen-bond donors (Lipinski definition) is 3. The Morgan fingerprint density at radius 1 is 0.926 bits per heavy atom. The molecule has 0 aromatic heterocycles. The van der Waals surface area contributed by atoms with Crippen LogP contribution in [0.2, 0.25) is 0 Å². The molecule has 0 aliphatic carbocycles. The van der Waals surface area contributed by atoms with Gasteiger partial charge in [-0.15, -0.1) is 0 Å². The number of carbonyl (C=O) groups excluding carboxylic acids is 1. The van der Waals surface area contributed by atoms with E-state index in [1.54, 1.807) is 39.1 Å². The summed E-state index contributed by atoms with van der Waals surface area (Å²) < 4.78 is 27.1. The Hall–Kier alpha value is -2.96. The highest BCUT2D eigenvalue weighted by Gasteiger charge is 2.07. The van der Waals surface area contributed by atoms with E-state index in [4.69, 9.17) is 0 Å². The van der Waals surface area contributed by atoms with E-state index in [0.717, 1.165) is 5.56 Å². The Balaban J connectivity index is 1.75. The lowest BCUT2D eigenvalue weighted by molar-refractivity contribution is 0.0954. The van der Waals surface area contributed by atoms with Crippen molar-refractivity contribution in [2.75, 3.05) is 20.1 Å². The molecule has 0 atom stereocenters. The van der Waals surface area contributed by atoms with Gasteiger partial charge in [0.05, 0.1) is 0 Å². The summed E-state index contributed by atoms with van der Waals surface area (Å²) in [5.41, 5.74) is 2.18. The largest absolute Gasteiger partial charge is 0.355 e. The Bertz CT molecular complexity index is 837. The maximum Gasteiger partial charge on any atom is 0.251 e. The zero-order valence-corrected chi connectivity index (χ0v) is 15.7. The molecule has 0 spiro atoms. The lowest BCUT2D eigenvalue weighted by Crippen LogP contribution is -2.41. The van der Waals surface area contributed by atoms with Gasteiger partial charge >= 0.3 is 0 Å². The average molecular weight is 374 g/mol. The van der Waals surface area contributed by atoms with Crippen molar-refractivity contribution in [2.45, 2.75) is 20.4 Å². The zero-order chi connectivity index (χ0) is 19.8. The Labute approximate surface area is 157 Å². The maximum atomic E-state index is 13.6. The number of aliphatic imine (C=N–C) groups is 1. The van der Waals surface area contributed by atoms with Crippen LogP contribution in [0.3, 0.4) is 0 Å². The molecule has 3 N–H and O–H groups in total. The molecule has 0 fully saturated rings. The van der Waals surface area contributed by atoms with Crippen LogP contribution in [-0.4, -0.2) is 32.0 Å². The van der Waals surface area contributed by atoms with E-state index < -0.39 is 5.82 Å². The van der Waals surface area contributed by atoms with Gasteiger partial charge in [0.15, 0.2) is 5.96 Å². The number of halogens is 2. The first-order chi connectivity index (χ1) is 12.9. The van der Waals surface area contributed by atoms with E-state index in [2.05, 4.69) is 20.9 Å². The van der Waals surface area contributed by atoms with Gasteiger partial charge in [-0.3, -0.25) is 9.79 Å². The first-order valence-electron chi connectivity index (χ1n) is 8.64. The van der Waals surface area contributed by atoms with Crippen molar-refractivity contribution in [3.63, 3.8) is 0 Å². The number of aryl methyl sites for hydroxylation is 2. The molecule has 0 unspecified atom stereocenters. The number of nitrogens with zero attached hydrogens (tertiary/aromatic N) is 1. The number of guanidine groups is 1. The third-order valence-electron chi connectivity index (χ3n) is 4.06. The predicted molar refractivity (Wildman–Crippen MR) is 103 cm³/mol. The zero-order valence-electron chi connectivity index (χ0n) is 15.7. The molecule has 5 nitrogen and oxygen atoms in total.